The molecule has 0 saturated carbocycles. The number of rotatable bonds is 4. The standard InChI is InChI=1S/C13H16N4O2S/c1-8(13-14-3-5-20-13)16-12(18)10-6-15-17-11(10)9-2-4-19-7-9/h3,5-6,8-9H,2,4,7H2,1H3,(H,15,17)(H,16,18). The number of amides is 1. The summed E-state index contributed by atoms with van der Waals surface area (Å²) in [5, 5.41) is 12.7. The number of hydrogen-bond acceptors (Lipinski definition) is 5. The Hall–Kier alpha value is -1.73. The quantitative estimate of drug-likeness (QED) is 0.901. The van der Waals surface area contributed by atoms with Crippen LogP contribution in [-0.2, 0) is 4.74 Å². The van der Waals surface area contributed by atoms with Crippen molar-refractivity contribution in [2.24, 2.45) is 0 Å². The maximum absolute atomic E-state index is 12.4. The molecule has 2 atom stereocenters. The summed E-state index contributed by atoms with van der Waals surface area (Å²) in [6.45, 7) is 3.31. The zero-order valence-corrected chi connectivity index (χ0v) is 11.9. The molecule has 3 heterocycles. The lowest BCUT2D eigenvalue weighted by Crippen LogP contribution is -2.27. The summed E-state index contributed by atoms with van der Waals surface area (Å²) >= 11 is 1.53. The zero-order valence-electron chi connectivity index (χ0n) is 11.1. The molecule has 2 N–H and O–H groups in total. The van der Waals surface area contributed by atoms with Crippen LogP contribution in [0.3, 0.4) is 0 Å². The predicted octanol–water partition coefficient (Wildman–Crippen LogP) is 1.86. The highest BCUT2D eigenvalue weighted by atomic mass is 32.1. The van der Waals surface area contributed by atoms with Gasteiger partial charge in [-0.15, -0.1) is 11.3 Å². The van der Waals surface area contributed by atoms with E-state index in [1.54, 1.807) is 12.4 Å². The summed E-state index contributed by atoms with van der Waals surface area (Å²) in [6.07, 6.45) is 4.24. The molecule has 3 rings (SSSR count). The summed E-state index contributed by atoms with van der Waals surface area (Å²) in [7, 11) is 0. The van der Waals surface area contributed by atoms with Gasteiger partial charge < -0.3 is 10.1 Å². The summed E-state index contributed by atoms with van der Waals surface area (Å²) in [6, 6.07) is -0.106. The highest BCUT2D eigenvalue weighted by Crippen LogP contribution is 2.26. The Kier molecular flexibility index (Phi) is 3.79. The monoisotopic (exact) mass is 292 g/mol. The molecule has 1 aliphatic rings. The van der Waals surface area contributed by atoms with Crippen LogP contribution < -0.4 is 5.32 Å². The van der Waals surface area contributed by atoms with Crippen LogP contribution in [0.5, 0.6) is 0 Å². The Morgan fingerprint density at radius 1 is 1.65 bits per heavy atom. The molecule has 2 aromatic heterocycles. The molecule has 2 unspecified atom stereocenters. The number of aromatic nitrogens is 3. The number of H-pyrrole nitrogens is 1. The second-order valence-corrected chi connectivity index (χ2v) is 5.75. The van der Waals surface area contributed by atoms with Crippen LogP contribution in [-0.4, -0.2) is 34.3 Å². The van der Waals surface area contributed by atoms with Crippen molar-refractivity contribution in [1.82, 2.24) is 20.5 Å². The number of carbonyl (C=O) groups excluding carboxylic acids is 1. The molecular formula is C13H16N4O2S. The lowest BCUT2D eigenvalue weighted by Gasteiger charge is -2.12. The Morgan fingerprint density at radius 3 is 3.25 bits per heavy atom. The van der Waals surface area contributed by atoms with Gasteiger partial charge in [-0.05, 0) is 13.3 Å². The summed E-state index contributed by atoms with van der Waals surface area (Å²) in [4.78, 5) is 16.6. The van der Waals surface area contributed by atoms with Gasteiger partial charge in [0.25, 0.3) is 5.91 Å². The first-order valence-corrected chi connectivity index (χ1v) is 7.45. The second kappa shape index (κ2) is 5.72. The fraction of sp³-hybridized carbons (Fsp3) is 0.462. The lowest BCUT2D eigenvalue weighted by atomic mass is 10.0. The van der Waals surface area contributed by atoms with Gasteiger partial charge in [0, 0.05) is 24.1 Å². The number of nitrogens with one attached hydrogen (secondary N) is 2. The summed E-state index contributed by atoms with van der Waals surface area (Å²) in [5.74, 6) is 0.108. The lowest BCUT2D eigenvalue weighted by molar-refractivity contribution is 0.0938. The summed E-state index contributed by atoms with van der Waals surface area (Å²) in [5.41, 5.74) is 1.47. The molecule has 1 saturated heterocycles. The third-order valence-corrected chi connectivity index (χ3v) is 4.38. The highest BCUT2D eigenvalue weighted by Gasteiger charge is 2.26. The second-order valence-electron chi connectivity index (χ2n) is 4.82. The van der Waals surface area contributed by atoms with E-state index in [-0.39, 0.29) is 17.9 Å². The molecule has 7 heteroatoms. The molecule has 0 spiro atoms. The molecule has 6 nitrogen and oxygen atoms in total. The smallest absolute Gasteiger partial charge is 0.255 e. The van der Waals surface area contributed by atoms with Gasteiger partial charge >= 0.3 is 0 Å². The summed E-state index contributed by atoms with van der Waals surface area (Å²) < 4.78 is 5.37. The molecule has 0 aliphatic carbocycles. The Morgan fingerprint density at radius 2 is 2.55 bits per heavy atom. The van der Waals surface area contributed by atoms with Crippen LogP contribution in [0, 0.1) is 0 Å². The maximum atomic E-state index is 12.4. The number of nitrogens with zero attached hydrogens (tertiary/aromatic N) is 2. The zero-order chi connectivity index (χ0) is 13.9. The number of thiazole rings is 1. The SMILES string of the molecule is CC(NC(=O)c1cn[nH]c1C1CCOC1)c1nccs1. The maximum Gasteiger partial charge on any atom is 0.255 e. The first kappa shape index (κ1) is 13.3. The average molecular weight is 292 g/mol. The minimum Gasteiger partial charge on any atom is -0.381 e. The van der Waals surface area contributed by atoms with Crippen LogP contribution in [0.1, 0.15) is 46.4 Å². The average Bonchev–Trinajstić information content (AvgIpc) is 3.19. The first-order chi connectivity index (χ1) is 9.75. The van der Waals surface area contributed by atoms with Gasteiger partial charge in [-0.2, -0.15) is 5.10 Å². The number of carbonyl (C=O) groups is 1. The van der Waals surface area contributed by atoms with E-state index in [1.807, 2.05) is 12.3 Å². The van der Waals surface area contributed by atoms with Crippen molar-refractivity contribution in [2.75, 3.05) is 13.2 Å². The first-order valence-electron chi connectivity index (χ1n) is 6.57. The van der Waals surface area contributed by atoms with Gasteiger partial charge in [-0.1, -0.05) is 0 Å². The van der Waals surface area contributed by atoms with Crippen molar-refractivity contribution in [3.63, 3.8) is 0 Å². The molecular weight excluding hydrogens is 276 g/mol. The number of aromatic amines is 1. The van der Waals surface area contributed by atoms with Crippen LogP contribution in [0.2, 0.25) is 0 Å². The predicted molar refractivity (Wildman–Crippen MR) is 74.8 cm³/mol. The van der Waals surface area contributed by atoms with Crippen molar-refractivity contribution < 1.29 is 9.53 Å². The Balaban J connectivity index is 1.72. The van der Waals surface area contributed by atoms with Crippen LogP contribution in [0.4, 0.5) is 0 Å². The topological polar surface area (TPSA) is 79.9 Å². The van der Waals surface area contributed by atoms with E-state index < -0.39 is 0 Å². The van der Waals surface area contributed by atoms with E-state index >= 15 is 0 Å². The van der Waals surface area contributed by atoms with Crippen LogP contribution in [0.25, 0.3) is 0 Å². The van der Waals surface area contributed by atoms with E-state index in [9.17, 15) is 4.79 Å². The van der Waals surface area contributed by atoms with Crippen molar-refractivity contribution in [2.45, 2.75) is 25.3 Å². The third kappa shape index (κ3) is 2.59. The fourth-order valence-corrected chi connectivity index (χ4v) is 2.98. The molecule has 2 aromatic rings. The third-order valence-electron chi connectivity index (χ3n) is 3.42. The Labute approximate surface area is 120 Å². The minimum absolute atomic E-state index is 0.106. The van der Waals surface area contributed by atoms with Gasteiger partial charge in [-0.3, -0.25) is 9.89 Å². The molecule has 1 fully saturated rings. The van der Waals surface area contributed by atoms with Gasteiger partial charge in [0.2, 0.25) is 0 Å². The fourth-order valence-electron chi connectivity index (χ4n) is 2.33. The van der Waals surface area contributed by atoms with E-state index in [4.69, 9.17) is 4.74 Å². The number of hydrogen-bond donors (Lipinski definition) is 2. The van der Waals surface area contributed by atoms with E-state index in [2.05, 4.69) is 20.5 Å². The normalized spacial score (nSPS) is 19.9. The number of ether oxygens (including phenoxy) is 1. The Bertz CT molecular complexity index is 575. The van der Waals surface area contributed by atoms with Gasteiger partial charge in [0.1, 0.15) is 5.01 Å². The molecule has 0 bridgehead atoms. The molecule has 1 amide bonds. The van der Waals surface area contributed by atoms with Crippen molar-refractivity contribution in [3.8, 4) is 0 Å². The van der Waals surface area contributed by atoms with Crippen molar-refractivity contribution >= 4 is 17.2 Å². The largest absolute Gasteiger partial charge is 0.381 e. The molecule has 1 aliphatic heterocycles. The van der Waals surface area contributed by atoms with E-state index in [1.165, 1.54) is 11.3 Å². The molecule has 106 valence electrons. The van der Waals surface area contributed by atoms with Crippen molar-refractivity contribution in [3.05, 3.63) is 34.0 Å². The van der Waals surface area contributed by atoms with Crippen molar-refractivity contribution in [1.29, 1.82) is 0 Å². The van der Waals surface area contributed by atoms with E-state index in [0.717, 1.165) is 23.7 Å². The van der Waals surface area contributed by atoms with Crippen LogP contribution in [0.15, 0.2) is 17.8 Å². The van der Waals surface area contributed by atoms with Gasteiger partial charge in [0.05, 0.1) is 30.1 Å². The van der Waals surface area contributed by atoms with Crippen LogP contribution >= 0.6 is 11.3 Å². The minimum atomic E-state index is -0.122. The molecule has 0 aromatic carbocycles. The van der Waals surface area contributed by atoms with Gasteiger partial charge in [-0.25, -0.2) is 4.98 Å². The van der Waals surface area contributed by atoms with Gasteiger partial charge in [0.15, 0.2) is 0 Å². The molecule has 20 heavy (non-hydrogen) atoms. The molecule has 0 radical (unpaired) electrons. The highest BCUT2D eigenvalue weighted by molar-refractivity contribution is 7.09. The van der Waals surface area contributed by atoms with E-state index in [0.29, 0.717) is 12.2 Å².